The number of likely N-dealkylation sites (N-methyl/N-ethyl adjacent to an activating group) is 1. The number of carbonyl (C=O) groups excluding carboxylic acids is 1. The van der Waals surface area contributed by atoms with E-state index in [1.165, 1.54) is 0 Å². The summed E-state index contributed by atoms with van der Waals surface area (Å²) in [5, 5.41) is 2.49. The summed E-state index contributed by atoms with van der Waals surface area (Å²) >= 11 is 0. The second-order valence-corrected chi connectivity index (χ2v) is 2.08. The summed E-state index contributed by atoms with van der Waals surface area (Å²) in [6.45, 7) is 4.37. The van der Waals surface area contributed by atoms with Crippen molar-refractivity contribution in [2.75, 3.05) is 13.7 Å². The number of amides is 1. The monoisotopic (exact) mass is 157 g/mol. The average Bonchev–Trinajstić information content (AvgIpc) is 2.05. The van der Waals surface area contributed by atoms with Crippen molar-refractivity contribution in [3.8, 4) is 0 Å². The number of nitrogens with one attached hydrogen (secondary N) is 1. The summed E-state index contributed by atoms with van der Waals surface area (Å²) in [6, 6.07) is 0. The predicted molar refractivity (Wildman–Crippen MR) is 44.1 cm³/mol. The molecule has 3 nitrogen and oxygen atoms in total. The Labute approximate surface area is 67.4 Å². The molecule has 0 aromatic rings. The number of allylic oxidation sites excluding steroid dienone is 1. The normalized spacial score (nSPS) is 11.0. The van der Waals surface area contributed by atoms with Gasteiger partial charge in [-0.1, -0.05) is 6.92 Å². The van der Waals surface area contributed by atoms with Gasteiger partial charge in [-0.25, -0.2) is 0 Å². The van der Waals surface area contributed by atoms with Gasteiger partial charge in [-0.3, -0.25) is 4.79 Å². The van der Waals surface area contributed by atoms with Crippen LogP contribution < -0.4 is 5.32 Å². The van der Waals surface area contributed by atoms with E-state index in [2.05, 4.69) is 5.32 Å². The highest BCUT2D eigenvalue weighted by Crippen LogP contribution is 1.97. The Bertz CT molecular complexity index is 152. The zero-order valence-corrected chi connectivity index (χ0v) is 7.31. The lowest BCUT2D eigenvalue weighted by atomic mass is 10.4. The molecule has 3 heteroatoms. The number of ether oxygens (including phenoxy) is 1. The number of hydrogen-bond donors (Lipinski definition) is 1. The molecule has 0 heterocycles. The quantitative estimate of drug-likeness (QED) is 0.489. The highest BCUT2D eigenvalue weighted by atomic mass is 16.5. The molecule has 0 spiro atoms. The third-order valence-electron chi connectivity index (χ3n) is 1.17. The Kier molecular flexibility index (Phi) is 5.25. The van der Waals surface area contributed by atoms with E-state index < -0.39 is 0 Å². The molecule has 0 saturated heterocycles. The van der Waals surface area contributed by atoms with Gasteiger partial charge in [-0.2, -0.15) is 0 Å². The highest BCUT2D eigenvalue weighted by Gasteiger charge is 2.05. The molecule has 0 atom stereocenters. The zero-order chi connectivity index (χ0) is 8.69. The minimum atomic E-state index is -0.166. The summed E-state index contributed by atoms with van der Waals surface area (Å²) in [6.07, 6.45) is 2.57. The van der Waals surface area contributed by atoms with E-state index in [-0.39, 0.29) is 5.91 Å². The van der Waals surface area contributed by atoms with Crippen molar-refractivity contribution in [2.45, 2.75) is 20.3 Å². The number of carbonyl (C=O) groups is 1. The van der Waals surface area contributed by atoms with Crippen LogP contribution >= 0.6 is 0 Å². The standard InChI is InChI=1S/C8H15NO2/c1-4-6-11-7(5-2)8(10)9-3/h5H,4,6H2,1-3H3,(H,9,10). The third kappa shape index (κ3) is 3.65. The molecular weight excluding hydrogens is 142 g/mol. The maximum absolute atomic E-state index is 10.9. The molecule has 0 saturated carbocycles. The molecule has 0 fully saturated rings. The molecule has 0 bridgehead atoms. The lowest BCUT2D eigenvalue weighted by molar-refractivity contribution is -0.120. The van der Waals surface area contributed by atoms with Gasteiger partial charge < -0.3 is 10.1 Å². The van der Waals surface area contributed by atoms with Crippen LogP contribution in [0.1, 0.15) is 20.3 Å². The fraction of sp³-hybridized carbons (Fsp3) is 0.625. The van der Waals surface area contributed by atoms with Crippen molar-refractivity contribution in [3.05, 3.63) is 11.8 Å². The zero-order valence-electron chi connectivity index (χ0n) is 7.31. The van der Waals surface area contributed by atoms with Gasteiger partial charge in [0, 0.05) is 7.05 Å². The molecule has 64 valence electrons. The van der Waals surface area contributed by atoms with Gasteiger partial charge in [0.2, 0.25) is 0 Å². The summed E-state index contributed by atoms with van der Waals surface area (Å²) in [5.74, 6) is 0.232. The maximum Gasteiger partial charge on any atom is 0.285 e. The molecule has 0 radical (unpaired) electrons. The smallest absolute Gasteiger partial charge is 0.285 e. The second kappa shape index (κ2) is 5.77. The molecule has 0 aliphatic rings. The van der Waals surface area contributed by atoms with Crippen LogP contribution in [0.2, 0.25) is 0 Å². The average molecular weight is 157 g/mol. The first-order chi connectivity index (χ1) is 5.26. The topological polar surface area (TPSA) is 38.3 Å². The minimum absolute atomic E-state index is 0.166. The maximum atomic E-state index is 10.9. The van der Waals surface area contributed by atoms with Crippen molar-refractivity contribution in [2.24, 2.45) is 0 Å². The van der Waals surface area contributed by atoms with Crippen molar-refractivity contribution in [1.82, 2.24) is 5.32 Å². The summed E-state index contributed by atoms with van der Waals surface area (Å²) in [7, 11) is 1.58. The van der Waals surface area contributed by atoms with Crippen LogP contribution in [0.25, 0.3) is 0 Å². The van der Waals surface area contributed by atoms with Crippen LogP contribution in [0, 0.1) is 0 Å². The van der Waals surface area contributed by atoms with E-state index in [9.17, 15) is 4.79 Å². The Hall–Kier alpha value is -0.990. The van der Waals surface area contributed by atoms with Crippen LogP contribution in [0.15, 0.2) is 11.8 Å². The third-order valence-corrected chi connectivity index (χ3v) is 1.17. The van der Waals surface area contributed by atoms with Gasteiger partial charge >= 0.3 is 0 Å². The molecule has 0 aliphatic carbocycles. The highest BCUT2D eigenvalue weighted by molar-refractivity contribution is 5.90. The van der Waals surface area contributed by atoms with Gasteiger partial charge in [0.25, 0.3) is 5.91 Å². The fourth-order valence-corrected chi connectivity index (χ4v) is 0.615. The Morgan fingerprint density at radius 1 is 1.64 bits per heavy atom. The van der Waals surface area contributed by atoms with E-state index in [1.807, 2.05) is 6.92 Å². The van der Waals surface area contributed by atoms with Crippen LogP contribution in [0.3, 0.4) is 0 Å². The van der Waals surface area contributed by atoms with Crippen molar-refractivity contribution in [3.63, 3.8) is 0 Å². The largest absolute Gasteiger partial charge is 0.488 e. The van der Waals surface area contributed by atoms with E-state index >= 15 is 0 Å². The molecule has 0 unspecified atom stereocenters. The summed E-state index contributed by atoms with van der Waals surface area (Å²) < 4.78 is 5.14. The summed E-state index contributed by atoms with van der Waals surface area (Å²) in [4.78, 5) is 10.9. The molecular formula is C8H15NO2. The lowest BCUT2D eigenvalue weighted by Crippen LogP contribution is -2.21. The van der Waals surface area contributed by atoms with Gasteiger partial charge in [-0.15, -0.1) is 0 Å². The molecule has 1 N–H and O–H groups in total. The van der Waals surface area contributed by atoms with E-state index in [0.29, 0.717) is 12.4 Å². The van der Waals surface area contributed by atoms with E-state index in [1.54, 1.807) is 20.0 Å². The molecule has 0 aromatic heterocycles. The van der Waals surface area contributed by atoms with Gasteiger partial charge in [0.1, 0.15) is 0 Å². The van der Waals surface area contributed by atoms with Crippen molar-refractivity contribution in [1.29, 1.82) is 0 Å². The van der Waals surface area contributed by atoms with Crippen molar-refractivity contribution >= 4 is 5.91 Å². The van der Waals surface area contributed by atoms with Crippen LogP contribution in [-0.4, -0.2) is 19.6 Å². The van der Waals surface area contributed by atoms with Crippen LogP contribution in [0.5, 0.6) is 0 Å². The SMILES string of the molecule is CC=C(OCCC)C(=O)NC. The Morgan fingerprint density at radius 2 is 2.27 bits per heavy atom. The first-order valence-corrected chi connectivity index (χ1v) is 3.77. The van der Waals surface area contributed by atoms with Crippen LogP contribution in [-0.2, 0) is 9.53 Å². The first kappa shape index (κ1) is 10.0. The number of rotatable bonds is 4. The number of hydrogen-bond acceptors (Lipinski definition) is 2. The first-order valence-electron chi connectivity index (χ1n) is 3.77. The second-order valence-electron chi connectivity index (χ2n) is 2.08. The molecule has 0 rings (SSSR count). The van der Waals surface area contributed by atoms with Crippen LogP contribution in [0.4, 0.5) is 0 Å². The summed E-state index contributed by atoms with van der Waals surface area (Å²) in [5.41, 5.74) is 0. The van der Waals surface area contributed by atoms with Crippen molar-refractivity contribution < 1.29 is 9.53 Å². The fourth-order valence-electron chi connectivity index (χ4n) is 0.615. The minimum Gasteiger partial charge on any atom is -0.488 e. The lowest BCUT2D eigenvalue weighted by Gasteiger charge is -2.06. The van der Waals surface area contributed by atoms with Gasteiger partial charge in [-0.05, 0) is 19.4 Å². The van der Waals surface area contributed by atoms with Gasteiger partial charge in [0.15, 0.2) is 5.76 Å². The Morgan fingerprint density at radius 3 is 2.64 bits per heavy atom. The molecule has 0 aliphatic heterocycles. The van der Waals surface area contributed by atoms with E-state index in [0.717, 1.165) is 6.42 Å². The molecule has 0 aromatic carbocycles. The molecule has 1 amide bonds. The Balaban J connectivity index is 3.87. The van der Waals surface area contributed by atoms with E-state index in [4.69, 9.17) is 4.74 Å². The predicted octanol–water partition coefficient (Wildman–Crippen LogP) is 1.06. The molecule has 11 heavy (non-hydrogen) atoms. The van der Waals surface area contributed by atoms with Gasteiger partial charge in [0.05, 0.1) is 6.61 Å².